The van der Waals surface area contributed by atoms with E-state index in [1.807, 2.05) is 10.9 Å². The molecule has 1 saturated heterocycles. The van der Waals surface area contributed by atoms with E-state index in [1.165, 1.54) is 0 Å². The lowest BCUT2D eigenvalue weighted by Crippen LogP contribution is -2.16. The van der Waals surface area contributed by atoms with E-state index in [-0.39, 0.29) is 0 Å². The number of hydrogen-bond acceptors (Lipinski definition) is 6. The van der Waals surface area contributed by atoms with Crippen LogP contribution in [-0.2, 0) is 4.74 Å². The average molecular weight is 267 g/mol. The number of nitrogens with one attached hydrogen (secondary N) is 1. The first kappa shape index (κ1) is 11.3. The third-order valence-corrected chi connectivity index (χ3v) is 4.42. The van der Waals surface area contributed by atoms with E-state index in [0.29, 0.717) is 12.1 Å². The van der Waals surface area contributed by atoms with E-state index in [9.17, 15) is 0 Å². The van der Waals surface area contributed by atoms with E-state index in [2.05, 4.69) is 20.7 Å². The van der Waals surface area contributed by atoms with Crippen LogP contribution in [0.15, 0.2) is 16.3 Å². The Morgan fingerprint density at radius 2 is 2.41 bits per heavy atom. The van der Waals surface area contributed by atoms with Crippen molar-refractivity contribution >= 4 is 22.7 Å². The molecule has 2 unspecified atom stereocenters. The molecule has 0 aliphatic carbocycles. The maximum Gasteiger partial charge on any atom is 0.143 e. The molecule has 0 spiro atoms. The van der Waals surface area contributed by atoms with Gasteiger partial charge in [0.25, 0.3) is 0 Å². The summed E-state index contributed by atoms with van der Waals surface area (Å²) >= 11 is 3.26. The third kappa shape index (κ3) is 2.26. The highest BCUT2D eigenvalue weighted by Gasteiger charge is 2.26. The van der Waals surface area contributed by atoms with Gasteiger partial charge in [-0.25, -0.2) is 9.97 Å². The van der Waals surface area contributed by atoms with Crippen molar-refractivity contribution in [2.75, 3.05) is 13.7 Å². The van der Waals surface area contributed by atoms with Crippen LogP contribution in [0, 0.1) is 0 Å². The van der Waals surface area contributed by atoms with Gasteiger partial charge in [-0.1, -0.05) is 0 Å². The number of nitrogens with zero attached hydrogens (tertiary/aromatic N) is 2. The number of ether oxygens (including phenoxy) is 1. The van der Waals surface area contributed by atoms with Crippen LogP contribution in [0.2, 0.25) is 0 Å². The summed E-state index contributed by atoms with van der Waals surface area (Å²) in [6.45, 7) is 0.907. The number of hydrogen-bond donors (Lipinski definition) is 1. The molecule has 0 amide bonds. The Kier molecular flexibility index (Phi) is 3.19. The average Bonchev–Trinajstić information content (AvgIpc) is 3.09. The monoisotopic (exact) mass is 267 g/mol. The summed E-state index contributed by atoms with van der Waals surface area (Å²) in [5.74, 6) is 0. The minimum absolute atomic E-state index is 0.310. The zero-order valence-electron chi connectivity index (χ0n) is 9.42. The fourth-order valence-electron chi connectivity index (χ4n) is 1.99. The fourth-order valence-corrected chi connectivity index (χ4v) is 3.44. The van der Waals surface area contributed by atoms with Crippen LogP contribution in [0.5, 0.6) is 0 Å². The van der Waals surface area contributed by atoms with Gasteiger partial charge in [0.05, 0.1) is 23.4 Å². The van der Waals surface area contributed by atoms with Gasteiger partial charge in [0, 0.05) is 24.4 Å². The molecule has 90 valence electrons. The van der Waals surface area contributed by atoms with Crippen LogP contribution in [0.4, 0.5) is 0 Å². The fraction of sp³-hybridized carbons (Fsp3) is 0.455. The van der Waals surface area contributed by atoms with Gasteiger partial charge in [-0.05, 0) is 6.42 Å². The molecule has 3 heterocycles. The van der Waals surface area contributed by atoms with Gasteiger partial charge < -0.3 is 10.1 Å². The SMILES string of the molecule is COC1CNC(c2csc(-c3cscn3)n2)C1. The molecule has 0 radical (unpaired) electrons. The number of rotatable bonds is 3. The summed E-state index contributed by atoms with van der Waals surface area (Å²) in [5, 5.41) is 8.58. The van der Waals surface area contributed by atoms with Gasteiger partial charge in [-0.3, -0.25) is 0 Å². The summed E-state index contributed by atoms with van der Waals surface area (Å²) in [4.78, 5) is 8.93. The lowest BCUT2D eigenvalue weighted by Gasteiger charge is -2.06. The second-order valence-electron chi connectivity index (χ2n) is 4.01. The predicted molar refractivity (Wildman–Crippen MR) is 69.4 cm³/mol. The van der Waals surface area contributed by atoms with Gasteiger partial charge >= 0.3 is 0 Å². The maximum atomic E-state index is 5.34. The summed E-state index contributed by atoms with van der Waals surface area (Å²) in [6.07, 6.45) is 1.31. The summed E-state index contributed by atoms with van der Waals surface area (Å²) < 4.78 is 5.34. The van der Waals surface area contributed by atoms with Gasteiger partial charge in [0.1, 0.15) is 10.7 Å². The highest BCUT2D eigenvalue weighted by molar-refractivity contribution is 7.13. The second kappa shape index (κ2) is 4.81. The number of thiazole rings is 2. The van der Waals surface area contributed by atoms with Crippen LogP contribution >= 0.6 is 22.7 Å². The largest absolute Gasteiger partial charge is 0.380 e. The minimum Gasteiger partial charge on any atom is -0.380 e. The molecular weight excluding hydrogens is 254 g/mol. The van der Waals surface area contributed by atoms with Crippen molar-refractivity contribution in [3.63, 3.8) is 0 Å². The minimum atomic E-state index is 0.310. The van der Waals surface area contributed by atoms with Crippen LogP contribution in [-0.4, -0.2) is 29.7 Å². The zero-order chi connectivity index (χ0) is 11.7. The second-order valence-corrected chi connectivity index (χ2v) is 5.58. The molecule has 1 N–H and O–H groups in total. The highest BCUT2D eigenvalue weighted by atomic mass is 32.1. The van der Waals surface area contributed by atoms with E-state index in [4.69, 9.17) is 4.74 Å². The maximum absolute atomic E-state index is 5.34. The van der Waals surface area contributed by atoms with Crippen LogP contribution in [0.3, 0.4) is 0 Å². The van der Waals surface area contributed by atoms with E-state index in [0.717, 1.165) is 29.4 Å². The van der Waals surface area contributed by atoms with Crippen molar-refractivity contribution in [1.29, 1.82) is 0 Å². The molecule has 4 nitrogen and oxygen atoms in total. The lowest BCUT2D eigenvalue weighted by molar-refractivity contribution is 0.117. The molecule has 2 aromatic rings. The lowest BCUT2D eigenvalue weighted by atomic mass is 10.1. The van der Waals surface area contributed by atoms with E-state index < -0.39 is 0 Å². The molecule has 1 aliphatic heterocycles. The van der Waals surface area contributed by atoms with Gasteiger partial charge in [0.15, 0.2) is 0 Å². The van der Waals surface area contributed by atoms with Gasteiger partial charge in [0.2, 0.25) is 0 Å². The van der Waals surface area contributed by atoms with Crippen LogP contribution in [0.1, 0.15) is 18.2 Å². The number of methoxy groups -OCH3 is 1. The topological polar surface area (TPSA) is 47.0 Å². The van der Waals surface area contributed by atoms with E-state index >= 15 is 0 Å². The molecule has 2 aromatic heterocycles. The molecule has 6 heteroatoms. The van der Waals surface area contributed by atoms with Gasteiger partial charge in [-0.2, -0.15) is 0 Å². The van der Waals surface area contributed by atoms with Crippen molar-refractivity contribution < 1.29 is 4.74 Å². The van der Waals surface area contributed by atoms with Crippen molar-refractivity contribution in [1.82, 2.24) is 15.3 Å². The normalized spacial score (nSPS) is 24.3. The standard InChI is InChI=1S/C11H13N3OS2/c1-15-7-2-8(12-3-7)9-5-17-11(14-9)10-4-16-6-13-10/h4-8,12H,2-3H2,1H3. The smallest absolute Gasteiger partial charge is 0.143 e. The van der Waals surface area contributed by atoms with Crippen LogP contribution < -0.4 is 5.32 Å². The van der Waals surface area contributed by atoms with Crippen molar-refractivity contribution in [2.24, 2.45) is 0 Å². The van der Waals surface area contributed by atoms with Crippen molar-refractivity contribution in [2.45, 2.75) is 18.6 Å². The Morgan fingerprint density at radius 1 is 1.47 bits per heavy atom. The number of aromatic nitrogens is 2. The molecule has 0 bridgehead atoms. The van der Waals surface area contributed by atoms with Gasteiger partial charge in [-0.15, -0.1) is 22.7 Å². The summed E-state index contributed by atoms with van der Waals surface area (Å²) in [7, 11) is 1.76. The zero-order valence-corrected chi connectivity index (χ0v) is 11.1. The molecule has 2 atom stereocenters. The first-order valence-electron chi connectivity index (χ1n) is 5.47. The van der Waals surface area contributed by atoms with E-state index in [1.54, 1.807) is 29.8 Å². The Balaban J connectivity index is 1.77. The quantitative estimate of drug-likeness (QED) is 0.927. The van der Waals surface area contributed by atoms with Crippen LogP contribution in [0.25, 0.3) is 10.7 Å². The Bertz CT molecular complexity index is 483. The Morgan fingerprint density at radius 3 is 3.12 bits per heavy atom. The summed E-state index contributed by atoms with van der Waals surface area (Å²) in [6, 6.07) is 0.323. The Hall–Kier alpha value is -0.820. The molecule has 0 aromatic carbocycles. The molecule has 1 aliphatic rings. The molecule has 17 heavy (non-hydrogen) atoms. The van der Waals surface area contributed by atoms with Crippen molar-refractivity contribution in [3.8, 4) is 10.7 Å². The Labute approximate surface area is 108 Å². The molecule has 3 rings (SSSR count). The van der Waals surface area contributed by atoms with Crippen molar-refractivity contribution in [3.05, 3.63) is 22.0 Å². The summed E-state index contributed by atoms with van der Waals surface area (Å²) in [5.41, 5.74) is 3.93. The predicted octanol–water partition coefficient (Wildman–Crippen LogP) is 2.32. The molecule has 0 saturated carbocycles. The third-order valence-electron chi connectivity index (χ3n) is 2.95. The first-order chi connectivity index (χ1) is 8.36. The highest BCUT2D eigenvalue weighted by Crippen LogP contribution is 2.30. The molecular formula is C11H13N3OS2. The molecule has 1 fully saturated rings. The first-order valence-corrected chi connectivity index (χ1v) is 7.29.